The highest BCUT2D eigenvalue weighted by molar-refractivity contribution is 6.58. The van der Waals surface area contributed by atoms with Crippen LogP contribution in [-0.2, 0) is 0 Å². The topological polar surface area (TPSA) is 0 Å². The molecular weight excluding hydrogens is 504 g/mol. The van der Waals surface area contributed by atoms with Crippen molar-refractivity contribution >= 4 is 129 Å². The van der Waals surface area contributed by atoms with Crippen molar-refractivity contribution in [3.8, 4) is 0 Å². The monoisotopic (exact) mass is 522 g/mol. The molecule has 0 unspecified atom stereocenters. The Hall–Kier alpha value is -5.46. The summed E-state index contributed by atoms with van der Waals surface area (Å²) in [5.74, 6) is 0. The Morgan fingerprint density at radius 3 is 0.714 bits per heavy atom. The second-order valence-corrected chi connectivity index (χ2v) is 12.7. The van der Waals surface area contributed by atoms with Crippen molar-refractivity contribution in [3.63, 3.8) is 0 Å². The molecule has 186 valence electrons. The van der Waals surface area contributed by atoms with Gasteiger partial charge in [-0.25, -0.2) is 0 Å². The van der Waals surface area contributed by atoms with Gasteiger partial charge in [-0.2, -0.15) is 0 Å². The molecule has 0 fully saturated rings. The molecule has 42 heavy (non-hydrogen) atoms. The van der Waals surface area contributed by atoms with Gasteiger partial charge in [-0.3, -0.25) is 0 Å². The Morgan fingerprint density at radius 2 is 0.429 bits per heavy atom. The van der Waals surface area contributed by atoms with Crippen molar-refractivity contribution in [2.75, 3.05) is 0 Å². The molecule has 13 aromatic carbocycles. The van der Waals surface area contributed by atoms with Crippen molar-refractivity contribution in [1.82, 2.24) is 0 Å². The summed E-state index contributed by atoms with van der Waals surface area (Å²) in [5.41, 5.74) is 0. The fourth-order valence-electron chi connectivity index (χ4n) is 9.75. The SMILES string of the molecule is c1cc2cc3cccc4c5ccc6c7cccc8cc9cccc%10c%11ccc%12c(c1)c2c(c34)c1c%12c%11c(c6c51)c(c9%10)c87. The van der Waals surface area contributed by atoms with Crippen molar-refractivity contribution in [1.29, 1.82) is 0 Å². The minimum atomic E-state index is 1.34. The standard InChI is InChI=1S/C42H18/c1-5-19-17-20-6-2-10-24-29-15-16-30-26-12-4-8-22-18-21-7-3-11-25-28-14-13-27-23(9-1)31(19)39(32(20)24)41-35(27)36(28)42(38(30)37(29)41)40(33(21)25)34(22)26/h1-18H. The molecule has 0 atom stereocenters. The molecule has 13 aromatic rings. The second kappa shape index (κ2) is 5.93. The molecule has 0 amide bonds. The number of hydrogen-bond donors (Lipinski definition) is 0. The summed E-state index contributed by atoms with van der Waals surface area (Å²) in [5, 5.41) is 33.7. The Labute approximate surface area is 237 Å². The zero-order valence-electron chi connectivity index (χ0n) is 22.4. The maximum atomic E-state index is 2.43. The largest absolute Gasteiger partial charge is 0.0610 e. The third kappa shape index (κ3) is 1.76. The summed E-state index contributed by atoms with van der Waals surface area (Å²) in [7, 11) is 0. The lowest BCUT2D eigenvalue weighted by Crippen LogP contribution is -1.98. The van der Waals surface area contributed by atoms with Crippen LogP contribution < -0.4 is 0 Å². The molecule has 0 aliphatic rings. The van der Waals surface area contributed by atoms with Crippen molar-refractivity contribution < 1.29 is 0 Å². The van der Waals surface area contributed by atoms with E-state index in [2.05, 4.69) is 109 Å². The Bertz CT molecular complexity index is 2840. The first-order valence-electron chi connectivity index (χ1n) is 15.0. The van der Waals surface area contributed by atoms with Crippen LogP contribution in [0.3, 0.4) is 0 Å². The van der Waals surface area contributed by atoms with E-state index in [-0.39, 0.29) is 0 Å². The van der Waals surface area contributed by atoms with Gasteiger partial charge in [0.1, 0.15) is 0 Å². The van der Waals surface area contributed by atoms with Gasteiger partial charge < -0.3 is 0 Å². The van der Waals surface area contributed by atoms with Crippen LogP contribution in [-0.4, -0.2) is 0 Å². The average molecular weight is 523 g/mol. The summed E-state index contributed by atoms with van der Waals surface area (Å²) in [6.07, 6.45) is 0. The van der Waals surface area contributed by atoms with Gasteiger partial charge in [0.25, 0.3) is 0 Å². The normalized spacial score (nSPS) is 13.7. The van der Waals surface area contributed by atoms with Gasteiger partial charge in [-0.05, 0) is 141 Å². The first kappa shape index (κ1) is 19.6. The Balaban J connectivity index is 1.59. The van der Waals surface area contributed by atoms with E-state index in [0.717, 1.165) is 0 Å². The molecule has 0 nitrogen and oxygen atoms in total. The van der Waals surface area contributed by atoms with E-state index in [9.17, 15) is 0 Å². The molecule has 13 rings (SSSR count). The van der Waals surface area contributed by atoms with E-state index in [1.807, 2.05) is 0 Å². The average Bonchev–Trinajstić information content (AvgIpc) is 3.04. The Kier molecular flexibility index (Phi) is 2.77. The van der Waals surface area contributed by atoms with Crippen LogP contribution in [0.15, 0.2) is 109 Å². The first-order valence-corrected chi connectivity index (χ1v) is 15.0. The van der Waals surface area contributed by atoms with E-state index in [4.69, 9.17) is 0 Å². The summed E-state index contributed by atoms with van der Waals surface area (Å²) < 4.78 is 0. The maximum absolute atomic E-state index is 2.43. The summed E-state index contributed by atoms with van der Waals surface area (Å²) >= 11 is 0. The van der Waals surface area contributed by atoms with Gasteiger partial charge in [0.15, 0.2) is 0 Å². The molecule has 0 bridgehead atoms. The molecule has 0 aliphatic carbocycles. The molecule has 0 saturated heterocycles. The van der Waals surface area contributed by atoms with E-state index in [1.54, 1.807) is 0 Å². The minimum absolute atomic E-state index is 1.34. The fourth-order valence-corrected chi connectivity index (χ4v) is 9.75. The van der Waals surface area contributed by atoms with E-state index in [1.165, 1.54) is 129 Å². The van der Waals surface area contributed by atoms with Crippen molar-refractivity contribution in [2.45, 2.75) is 0 Å². The van der Waals surface area contributed by atoms with E-state index < -0.39 is 0 Å². The Morgan fingerprint density at radius 1 is 0.190 bits per heavy atom. The lowest BCUT2D eigenvalue weighted by Gasteiger charge is -2.27. The molecule has 0 heterocycles. The number of rotatable bonds is 0. The predicted octanol–water partition coefficient (Wildman–Crippen LogP) is 12.2. The van der Waals surface area contributed by atoms with E-state index >= 15 is 0 Å². The van der Waals surface area contributed by atoms with Crippen molar-refractivity contribution in [2.24, 2.45) is 0 Å². The smallest absolute Gasteiger partial charge is 0.0000491 e. The first-order chi connectivity index (χ1) is 20.9. The van der Waals surface area contributed by atoms with E-state index in [0.29, 0.717) is 0 Å². The lowest BCUT2D eigenvalue weighted by atomic mass is 9.75. The number of fused-ring (bicyclic) bond motifs is 4. The van der Waals surface area contributed by atoms with Crippen LogP contribution in [0.1, 0.15) is 0 Å². The van der Waals surface area contributed by atoms with Crippen LogP contribution in [0.2, 0.25) is 0 Å². The highest BCUT2D eigenvalue weighted by atomic mass is 14.3. The summed E-state index contributed by atoms with van der Waals surface area (Å²) in [6, 6.07) is 42.3. The highest BCUT2D eigenvalue weighted by Gasteiger charge is 2.29. The van der Waals surface area contributed by atoms with Gasteiger partial charge in [-0.1, -0.05) is 97.1 Å². The maximum Gasteiger partial charge on any atom is -0.0000491 e. The van der Waals surface area contributed by atoms with Gasteiger partial charge in [0, 0.05) is 0 Å². The minimum Gasteiger partial charge on any atom is -0.0610 e. The summed E-state index contributed by atoms with van der Waals surface area (Å²) in [6.45, 7) is 0. The quantitative estimate of drug-likeness (QED) is 0.137. The van der Waals surface area contributed by atoms with Gasteiger partial charge in [-0.15, -0.1) is 0 Å². The van der Waals surface area contributed by atoms with Gasteiger partial charge >= 0.3 is 0 Å². The fraction of sp³-hybridized carbons (Fsp3) is 0. The molecule has 0 N–H and O–H groups in total. The lowest BCUT2D eigenvalue weighted by molar-refractivity contribution is 1.81. The van der Waals surface area contributed by atoms with Gasteiger partial charge in [0.05, 0.1) is 0 Å². The number of hydrogen-bond acceptors (Lipinski definition) is 0. The van der Waals surface area contributed by atoms with Crippen LogP contribution in [0.25, 0.3) is 129 Å². The predicted molar refractivity (Wildman–Crippen MR) is 184 cm³/mol. The van der Waals surface area contributed by atoms with Crippen LogP contribution in [0.5, 0.6) is 0 Å². The zero-order valence-corrected chi connectivity index (χ0v) is 22.4. The molecule has 0 aromatic heterocycles. The second-order valence-electron chi connectivity index (χ2n) is 12.7. The van der Waals surface area contributed by atoms with Crippen LogP contribution in [0.4, 0.5) is 0 Å². The third-order valence-corrected chi connectivity index (χ3v) is 11.1. The zero-order chi connectivity index (χ0) is 26.6. The molecule has 0 heteroatoms. The van der Waals surface area contributed by atoms with Crippen LogP contribution >= 0.6 is 0 Å². The molecule has 0 spiro atoms. The molecule has 0 aliphatic heterocycles. The number of benzene rings is 13. The van der Waals surface area contributed by atoms with Gasteiger partial charge in [0.2, 0.25) is 0 Å². The van der Waals surface area contributed by atoms with Crippen molar-refractivity contribution in [3.05, 3.63) is 109 Å². The van der Waals surface area contributed by atoms with Crippen LogP contribution in [0, 0.1) is 0 Å². The molecule has 0 radical (unpaired) electrons. The highest BCUT2D eigenvalue weighted by Crippen LogP contribution is 2.58. The summed E-state index contributed by atoms with van der Waals surface area (Å²) in [4.78, 5) is 0. The third-order valence-electron chi connectivity index (χ3n) is 11.1. The molecular formula is C42H18. The molecule has 0 saturated carbocycles.